The first-order valence-electron chi connectivity index (χ1n) is 4.77. The van der Waals surface area contributed by atoms with Crippen molar-refractivity contribution >= 4 is 5.97 Å². The quantitative estimate of drug-likeness (QED) is 0.722. The molecule has 1 aromatic carbocycles. The minimum absolute atomic E-state index is 0.506. The van der Waals surface area contributed by atoms with Gasteiger partial charge in [-0.2, -0.15) is 0 Å². The molecule has 0 aliphatic carbocycles. The van der Waals surface area contributed by atoms with Crippen LogP contribution in [0.25, 0.3) is 0 Å². The second kappa shape index (κ2) is 5.32. The van der Waals surface area contributed by atoms with Crippen LogP contribution in [0.4, 0.5) is 0 Å². The smallest absolute Gasteiger partial charge is 0.325 e. The van der Waals surface area contributed by atoms with E-state index in [1.54, 1.807) is 12.1 Å². The van der Waals surface area contributed by atoms with Crippen LogP contribution < -0.4 is 5.32 Å². The van der Waals surface area contributed by atoms with Crippen molar-refractivity contribution in [2.24, 2.45) is 0 Å². The summed E-state index contributed by atoms with van der Waals surface area (Å²) in [5.41, 5.74) is 1.67. The van der Waals surface area contributed by atoms with Crippen LogP contribution >= 0.6 is 0 Å². The molecule has 3 heteroatoms. The van der Waals surface area contributed by atoms with Crippen LogP contribution in [-0.2, 0) is 4.79 Å². The predicted molar refractivity (Wildman–Crippen MR) is 59.6 cm³/mol. The fourth-order valence-corrected chi connectivity index (χ4v) is 1.27. The number of aliphatic carboxylic acids is 1. The molecular formula is C12H15NO2. The Balaban J connectivity index is 2.75. The fraction of sp³-hybridized carbons (Fsp3) is 0.250. The topological polar surface area (TPSA) is 49.3 Å². The highest BCUT2D eigenvalue weighted by Crippen LogP contribution is 2.12. The van der Waals surface area contributed by atoms with E-state index >= 15 is 0 Å². The Morgan fingerprint density at radius 3 is 2.53 bits per heavy atom. The van der Waals surface area contributed by atoms with Gasteiger partial charge in [0.15, 0.2) is 0 Å². The molecule has 0 heterocycles. The Morgan fingerprint density at radius 1 is 1.47 bits per heavy atom. The molecule has 1 unspecified atom stereocenters. The van der Waals surface area contributed by atoms with E-state index in [1.807, 2.05) is 25.1 Å². The van der Waals surface area contributed by atoms with Gasteiger partial charge in [-0.1, -0.05) is 42.5 Å². The van der Waals surface area contributed by atoms with E-state index in [0.29, 0.717) is 6.54 Å². The predicted octanol–water partition coefficient (Wildman–Crippen LogP) is 1.98. The average molecular weight is 205 g/mol. The van der Waals surface area contributed by atoms with Crippen molar-refractivity contribution in [3.8, 4) is 0 Å². The summed E-state index contributed by atoms with van der Waals surface area (Å²) in [6.07, 6.45) is 0. The first-order chi connectivity index (χ1) is 7.11. The van der Waals surface area contributed by atoms with Crippen LogP contribution in [-0.4, -0.2) is 17.6 Å². The molecule has 1 rings (SSSR count). The third-order valence-electron chi connectivity index (χ3n) is 1.99. The molecule has 0 bridgehead atoms. The largest absolute Gasteiger partial charge is 0.480 e. The van der Waals surface area contributed by atoms with Gasteiger partial charge >= 0.3 is 5.97 Å². The maximum absolute atomic E-state index is 11.0. The second-order valence-electron chi connectivity index (χ2n) is 3.52. The van der Waals surface area contributed by atoms with Crippen LogP contribution in [0.3, 0.4) is 0 Å². The monoisotopic (exact) mass is 205 g/mol. The SMILES string of the molecule is C=C(C)CNC(C(=O)O)c1ccccc1. The van der Waals surface area contributed by atoms with Gasteiger partial charge in [0.05, 0.1) is 0 Å². The molecule has 80 valence electrons. The highest BCUT2D eigenvalue weighted by molar-refractivity contribution is 5.75. The lowest BCUT2D eigenvalue weighted by molar-refractivity contribution is -0.139. The van der Waals surface area contributed by atoms with Gasteiger partial charge in [-0.25, -0.2) is 0 Å². The van der Waals surface area contributed by atoms with E-state index in [1.165, 1.54) is 0 Å². The summed E-state index contributed by atoms with van der Waals surface area (Å²) in [5, 5.41) is 12.0. The fourth-order valence-electron chi connectivity index (χ4n) is 1.27. The lowest BCUT2D eigenvalue weighted by Crippen LogP contribution is -2.29. The number of hydrogen-bond donors (Lipinski definition) is 2. The van der Waals surface area contributed by atoms with E-state index in [2.05, 4.69) is 11.9 Å². The van der Waals surface area contributed by atoms with Crippen molar-refractivity contribution in [3.63, 3.8) is 0 Å². The number of carbonyl (C=O) groups is 1. The zero-order valence-corrected chi connectivity index (χ0v) is 8.73. The van der Waals surface area contributed by atoms with Crippen LogP contribution in [0.5, 0.6) is 0 Å². The van der Waals surface area contributed by atoms with Crippen molar-refractivity contribution in [3.05, 3.63) is 48.0 Å². The highest BCUT2D eigenvalue weighted by Gasteiger charge is 2.17. The normalized spacial score (nSPS) is 12.1. The molecule has 0 saturated carbocycles. The third-order valence-corrected chi connectivity index (χ3v) is 1.99. The van der Waals surface area contributed by atoms with Gasteiger partial charge in [0.2, 0.25) is 0 Å². The summed E-state index contributed by atoms with van der Waals surface area (Å²) in [4.78, 5) is 11.0. The zero-order chi connectivity index (χ0) is 11.3. The Labute approximate surface area is 89.4 Å². The van der Waals surface area contributed by atoms with Crippen LogP contribution in [0.1, 0.15) is 18.5 Å². The Kier molecular flexibility index (Phi) is 4.06. The summed E-state index contributed by atoms with van der Waals surface area (Å²) in [5.74, 6) is -0.873. The minimum Gasteiger partial charge on any atom is -0.480 e. The molecule has 2 N–H and O–H groups in total. The molecule has 0 aliphatic heterocycles. The van der Waals surface area contributed by atoms with Crippen molar-refractivity contribution in [1.29, 1.82) is 0 Å². The summed E-state index contributed by atoms with van der Waals surface area (Å²) < 4.78 is 0. The first-order valence-corrected chi connectivity index (χ1v) is 4.77. The average Bonchev–Trinajstić information content (AvgIpc) is 2.18. The molecule has 0 spiro atoms. The Morgan fingerprint density at radius 2 is 2.07 bits per heavy atom. The maximum atomic E-state index is 11.0. The molecule has 0 fully saturated rings. The van der Waals surface area contributed by atoms with Crippen molar-refractivity contribution < 1.29 is 9.90 Å². The molecule has 3 nitrogen and oxygen atoms in total. The maximum Gasteiger partial charge on any atom is 0.325 e. The number of nitrogens with one attached hydrogen (secondary N) is 1. The lowest BCUT2D eigenvalue weighted by Gasteiger charge is -2.14. The van der Waals surface area contributed by atoms with Gasteiger partial charge in [0.25, 0.3) is 0 Å². The van der Waals surface area contributed by atoms with E-state index in [0.717, 1.165) is 11.1 Å². The van der Waals surface area contributed by atoms with Gasteiger partial charge < -0.3 is 5.11 Å². The van der Waals surface area contributed by atoms with Crippen molar-refractivity contribution in [2.45, 2.75) is 13.0 Å². The van der Waals surface area contributed by atoms with Gasteiger partial charge in [-0.15, -0.1) is 0 Å². The molecule has 0 saturated heterocycles. The lowest BCUT2D eigenvalue weighted by atomic mass is 10.1. The Hall–Kier alpha value is -1.61. The van der Waals surface area contributed by atoms with Gasteiger partial charge in [0.1, 0.15) is 6.04 Å². The summed E-state index contributed by atoms with van der Waals surface area (Å²) in [6, 6.07) is 8.44. The van der Waals surface area contributed by atoms with Crippen LogP contribution in [0.15, 0.2) is 42.5 Å². The van der Waals surface area contributed by atoms with Crippen LogP contribution in [0.2, 0.25) is 0 Å². The molecule has 0 amide bonds. The van der Waals surface area contributed by atoms with Gasteiger partial charge in [-0.3, -0.25) is 10.1 Å². The zero-order valence-electron chi connectivity index (χ0n) is 8.73. The van der Waals surface area contributed by atoms with Crippen molar-refractivity contribution in [1.82, 2.24) is 5.32 Å². The number of rotatable bonds is 5. The molecule has 0 radical (unpaired) electrons. The number of benzene rings is 1. The molecule has 1 atom stereocenters. The van der Waals surface area contributed by atoms with Gasteiger partial charge in [0, 0.05) is 6.54 Å². The van der Waals surface area contributed by atoms with Gasteiger partial charge in [-0.05, 0) is 12.5 Å². The van der Waals surface area contributed by atoms with Crippen molar-refractivity contribution in [2.75, 3.05) is 6.54 Å². The first kappa shape index (κ1) is 11.5. The van der Waals surface area contributed by atoms with Crippen LogP contribution in [0, 0.1) is 0 Å². The highest BCUT2D eigenvalue weighted by atomic mass is 16.4. The van der Waals surface area contributed by atoms with E-state index in [-0.39, 0.29) is 0 Å². The number of carboxylic acid groups (broad SMARTS) is 1. The summed E-state index contributed by atoms with van der Waals surface area (Å²) >= 11 is 0. The number of hydrogen-bond acceptors (Lipinski definition) is 2. The molecule has 0 aliphatic rings. The van der Waals surface area contributed by atoms with E-state index in [4.69, 9.17) is 5.11 Å². The minimum atomic E-state index is -0.873. The van der Waals surface area contributed by atoms with E-state index in [9.17, 15) is 4.79 Å². The van der Waals surface area contributed by atoms with E-state index < -0.39 is 12.0 Å². The summed E-state index contributed by atoms with van der Waals surface area (Å²) in [6.45, 7) is 6.09. The molecule has 1 aromatic rings. The molecule has 15 heavy (non-hydrogen) atoms. The summed E-state index contributed by atoms with van der Waals surface area (Å²) in [7, 11) is 0. The molecule has 0 aromatic heterocycles. The molecular weight excluding hydrogens is 190 g/mol. The standard InChI is InChI=1S/C12H15NO2/c1-9(2)8-13-11(12(14)15)10-6-4-3-5-7-10/h3-7,11,13H,1,8H2,2H3,(H,14,15). The Bertz CT molecular complexity index is 346. The number of carboxylic acids is 1. The second-order valence-corrected chi connectivity index (χ2v) is 3.52. The third kappa shape index (κ3) is 3.56.